The van der Waals surface area contributed by atoms with Crippen LogP contribution in [0.4, 0.5) is 10.1 Å². The average molecular weight is 238 g/mol. The molecule has 0 amide bonds. The van der Waals surface area contributed by atoms with Crippen LogP contribution in [-0.2, 0) is 4.74 Å². The lowest BCUT2D eigenvalue weighted by Crippen LogP contribution is -2.37. The molecule has 1 aliphatic rings. The molecule has 0 bridgehead atoms. The molecule has 1 saturated carbocycles. The fourth-order valence-electron chi connectivity index (χ4n) is 2.16. The highest BCUT2D eigenvalue weighted by Gasteiger charge is 2.32. The van der Waals surface area contributed by atoms with Crippen LogP contribution in [0.3, 0.4) is 0 Å². The molecule has 94 valence electrons. The molecular weight excluding hydrogens is 219 g/mol. The Labute approximate surface area is 102 Å². The predicted molar refractivity (Wildman–Crippen MR) is 65.6 cm³/mol. The van der Waals surface area contributed by atoms with Crippen LogP contribution in [0.5, 0.6) is 0 Å². The second kappa shape index (κ2) is 5.45. The zero-order chi connectivity index (χ0) is 12.3. The Kier molecular flexibility index (Phi) is 3.94. The van der Waals surface area contributed by atoms with Crippen LogP contribution in [0, 0.1) is 11.9 Å². The van der Waals surface area contributed by atoms with E-state index in [1.165, 1.54) is 25.1 Å². The molecule has 3 nitrogen and oxygen atoms in total. The van der Waals surface area contributed by atoms with Gasteiger partial charge in [0.2, 0.25) is 5.95 Å². The van der Waals surface area contributed by atoms with Gasteiger partial charge in [0, 0.05) is 37.6 Å². The van der Waals surface area contributed by atoms with Gasteiger partial charge in [0.25, 0.3) is 0 Å². The number of hydrogen-bond donors (Lipinski definition) is 0. The Morgan fingerprint density at radius 1 is 1.59 bits per heavy atom. The first-order valence-corrected chi connectivity index (χ1v) is 6.09. The molecular formula is C13H19FN2O. The molecule has 0 N–H and O–H groups in total. The molecule has 0 radical (unpaired) electrons. The number of pyridine rings is 1. The molecule has 4 heteroatoms. The van der Waals surface area contributed by atoms with Gasteiger partial charge in [-0.2, -0.15) is 4.39 Å². The summed E-state index contributed by atoms with van der Waals surface area (Å²) in [5.74, 6) is 0.316. The summed E-state index contributed by atoms with van der Waals surface area (Å²) in [6.45, 7) is 3.64. The van der Waals surface area contributed by atoms with Gasteiger partial charge in [0.05, 0.1) is 6.61 Å². The van der Waals surface area contributed by atoms with E-state index in [4.69, 9.17) is 4.74 Å². The molecule has 1 unspecified atom stereocenters. The molecule has 0 spiro atoms. The first-order chi connectivity index (χ1) is 8.22. The molecule has 1 aliphatic carbocycles. The van der Waals surface area contributed by atoms with Crippen molar-refractivity contribution in [3.63, 3.8) is 0 Å². The minimum atomic E-state index is -0.423. The maximum absolute atomic E-state index is 13.2. The van der Waals surface area contributed by atoms with E-state index in [-0.39, 0.29) is 0 Å². The highest BCUT2D eigenvalue weighted by Crippen LogP contribution is 2.36. The Hall–Kier alpha value is -1.16. The van der Waals surface area contributed by atoms with Crippen molar-refractivity contribution < 1.29 is 9.13 Å². The quantitative estimate of drug-likeness (QED) is 0.712. The van der Waals surface area contributed by atoms with Crippen molar-refractivity contribution in [3.05, 3.63) is 24.3 Å². The van der Waals surface area contributed by atoms with Gasteiger partial charge in [-0.05, 0) is 31.7 Å². The van der Waals surface area contributed by atoms with E-state index in [9.17, 15) is 4.39 Å². The molecule has 1 aromatic heterocycles. The Balaban J connectivity index is 2.13. The molecule has 1 heterocycles. The van der Waals surface area contributed by atoms with Crippen molar-refractivity contribution in [1.82, 2.24) is 4.98 Å². The number of hydrogen-bond acceptors (Lipinski definition) is 3. The summed E-state index contributed by atoms with van der Waals surface area (Å²) in [4.78, 5) is 5.81. The van der Waals surface area contributed by atoms with E-state index in [2.05, 4.69) is 16.8 Å². The van der Waals surface area contributed by atoms with Crippen molar-refractivity contribution in [2.75, 3.05) is 25.2 Å². The maximum atomic E-state index is 13.2. The van der Waals surface area contributed by atoms with Gasteiger partial charge in [0.15, 0.2) is 0 Å². The van der Waals surface area contributed by atoms with Crippen molar-refractivity contribution in [1.29, 1.82) is 0 Å². The van der Waals surface area contributed by atoms with Crippen LogP contribution in [-0.4, -0.2) is 31.3 Å². The van der Waals surface area contributed by atoms with Crippen LogP contribution in [0.1, 0.15) is 19.8 Å². The topological polar surface area (TPSA) is 25.4 Å². The lowest BCUT2D eigenvalue weighted by Gasteiger charge is -2.31. The number of nitrogens with zero attached hydrogens (tertiary/aromatic N) is 2. The Morgan fingerprint density at radius 3 is 2.94 bits per heavy atom. The first-order valence-electron chi connectivity index (χ1n) is 6.09. The number of aromatic nitrogens is 1. The number of ether oxygens (including phenoxy) is 1. The van der Waals surface area contributed by atoms with Gasteiger partial charge >= 0.3 is 0 Å². The lowest BCUT2D eigenvalue weighted by molar-refractivity contribution is 0.202. The second-order valence-electron chi connectivity index (χ2n) is 4.60. The third-order valence-electron chi connectivity index (χ3n) is 3.37. The van der Waals surface area contributed by atoms with E-state index in [0.29, 0.717) is 12.6 Å². The van der Waals surface area contributed by atoms with E-state index in [0.717, 1.165) is 18.2 Å². The monoisotopic (exact) mass is 238 g/mol. The summed E-state index contributed by atoms with van der Waals surface area (Å²) < 4.78 is 18.3. The largest absolute Gasteiger partial charge is 0.383 e. The van der Waals surface area contributed by atoms with Gasteiger partial charge in [-0.3, -0.25) is 0 Å². The van der Waals surface area contributed by atoms with E-state index in [1.807, 2.05) is 6.07 Å². The van der Waals surface area contributed by atoms with Crippen LogP contribution >= 0.6 is 0 Å². The average Bonchev–Trinajstić information content (AvgIpc) is 3.13. The molecule has 1 fully saturated rings. The van der Waals surface area contributed by atoms with Crippen LogP contribution < -0.4 is 4.90 Å². The normalized spacial score (nSPS) is 16.9. The second-order valence-corrected chi connectivity index (χ2v) is 4.60. The van der Waals surface area contributed by atoms with E-state index < -0.39 is 5.95 Å². The van der Waals surface area contributed by atoms with Crippen molar-refractivity contribution in [3.8, 4) is 0 Å². The molecule has 2 rings (SSSR count). The van der Waals surface area contributed by atoms with Gasteiger partial charge < -0.3 is 9.64 Å². The Bertz CT molecular complexity index is 368. The summed E-state index contributed by atoms with van der Waals surface area (Å²) in [5, 5.41) is 0. The maximum Gasteiger partial charge on any atom is 0.214 e. The molecule has 0 aromatic carbocycles. The van der Waals surface area contributed by atoms with E-state index in [1.54, 1.807) is 7.11 Å². The molecule has 1 atom stereocenters. The number of rotatable bonds is 6. The molecule has 0 saturated heterocycles. The summed E-state index contributed by atoms with van der Waals surface area (Å²) in [6, 6.07) is 3.79. The smallest absolute Gasteiger partial charge is 0.214 e. The van der Waals surface area contributed by atoms with Gasteiger partial charge in [-0.25, -0.2) is 4.98 Å². The lowest BCUT2D eigenvalue weighted by atomic mass is 10.1. The summed E-state index contributed by atoms with van der Waals surface area (Å²) in [5.41, 5.74) is 0.897. The van der Waals surface area contributed by atoms with Crippen LogP contribution in [0.25, 0.3) is 0 Å². The molecule has 17 heavy (non-hydrogen) atoms. The highest BCUT2D eigenvalue weighted by atomic mass is 19.1. The third kappa shape index (κ3) is 3.16. The predicted octanol–water partition coefficient (Wildman–Crippen LogP) is 2.47. The Morgan fingerprint density at radius 2 is 2.35 bits per heavy atom. The number of anilines is 1. The fraction of sp³-hybridized carbons (Fsp3) is 0.615. The standard InChI is InChI=1S/C13H19FN2O/c1-10(11-3-4-11)16(7-8-17-2)12-5-6-15-13(14)9-12/h5-6,9-11H,3-4,7-8H2,1-2H3. The fourth-order valence-corrected chi connectivity index (χ4v) is 2.16. The SMILES string of the molecule is COCCN(c1ccnc(F)c1)C(C)C1CC1. The van der Waals surface area contributed by atoms with Crippen LogP contribution in [0.15, 0.2) is 18.3 Å². The summed E-state index contributed by atoms with van der Waals surface area (Å²) in [6.07, 6.45) is 4.07. The van der Waals surface area contributed by atoms with Crippen molar-refractivity contribution >= 4 is 5.69 Å². The van der Waals surface area contributed by atoms with Gasteiger partial charge in [0.1, 0.15) is 0 Å². The third-order valence-corrected chi connectivity index (χ3v) is 3.37. The minimum Gasteiger partial charge on any atom is -0.383 e. The van der Waals surface area contributed by atoms with E-state index >= 15 is 0 Å². The molecule has 0 aliphatic heterocycles. The van der Waals surface area contributed by atoms with Gasteiger partial charge in [-0.15, -0.1) is 0 Å². The van der Waals surface area contributed by atoms with Crippen LogP contribution in [0.2, 0.25) is 0 Å². The highest BCUT2D eigenvalue weighted by molar-refractivity contribution is 5.46. The number of halogens is 1. The van der Waals surface area contributed by atoms with Gasteiger partial charge in [-0.1, -0.05) is 0 Å². The minimum absolute atomic E-state index is 0.423. The zero-order valence-corrected chi connectivity index (χ0v) is 10.4. The van der Waals surface area contributed by atoms with Crippen molar-refractivity contribution in [2.45, 2.75) is 25.8 Å². The van der Waals surface area contributed by atoms with Crippen molar-refractivity contribution in [2.24, 2.45) is 5.92 Å². The zero-order valence-electron chi connectivity index (χ0n) is 10.4. The molecule has 1 aromatic rings. The first kappa shape index (κ1) is 12.3. The number of methoxy groups -OCH3 is 1. The summed E-state index contributed by atoms with van der Waals surface area (Å²) >= 11 is 0. The summed E-state index contributed by atoms with van der Waals surface area (Å²) in [7, 11) is 1.69.